The van der Waals surface area contributed by atoms with E-state index < -0.39 is 17.1 Å². The van der Waals surface area contributed by atoms with Crippen molar-refractivity contribution in [3.63, 3.8) is 0 Å². The number of aromatic hydroxyl groups is 2. The summed E-state index contributed by atoms with van der Waals surface area (Å²) >= 11 is 0.842. The number of phenols is 2. The van der Waals surface area contributed by atoms with E-state index in [1.807, 2.05) is 24.5 Å². The number of carbonyl (C=O) groups excluding carboxylic acids is 3. The quantitative estimate of drug-likeness (QED) is 0.396. The summed E-state index contributed by atoms with van der Waals surface area (Å²) in [6.07, 6.45) is 1.66. The number of rotatable bonds is 5. The molecule has 3 aromatic rings. The molecule has 8 nitrogen and oxygen atoms in total. The molecule has 0 radical (unpaired) electrons. The van der Waals surface area contributed by atoms with E-state index in [0.29, 0.717) is 11.4 Å². The average Bonchev–Trinajstić information content (AvgIpc) is 3.23. The summed E-state index contributed by atoms with van der Waals surface area (Å²) in [6, 6.07) is 12.4. The fourth-order valence-electron chi connectivity index (χ4n) is 3.80. The van der Waals surface area contributed by atoms with Crippen molar-refractivity contribution in [2.75, 3.05) is 11.5 Å². The first-order chi connectivity index (χ1) is 16.2. The lowest BCUT2D eigenvalue weighted by Gasteiger charge is -2.12. The molecule has 4 rings (SSSR count). The molecule has 0 spiro atoms. The Morgan fingerprint density at radius 2 is 1.71 bits per heavy atom. The fraction of sp³-hybridized carbons (Fsp3) is 0.160. The third kappa shape index (κ3) is 4.17. The monoisotopic (exact) mass is 478 g/mol. The van der Waals surface area contributed by atoms with Gasteiger partial charge in [-0.05, 0) is 92.7 Å². The zero-order valence-corrected chi connectivity index (χ0v) is 19.5. The van der Waals surface area contributed by atoms with Crippen LogP contribution in [-0.2, 0) is 9.53 Å². The van der Waals surface area contributed by atoms with Crippen molar-refractivity contribution in [2.45, 2.75) is 20.8 Å². The summed E-state index contributed by atoms with van der Waals surface area (Å²) in [4.78, 5) is 39.0. The van der Waals surface area contributed by atoms with Gasteiger partial charge in [-0.2, -0.15) is 0 Å². The van der Waals surface area contributed by atoms with Crippen LogP contribution in [0.15, 0.2) is 53.4 Å². The number of aryl methyl sites for hydroxylation is 1. The Hall–Kier alpha value is -3.98. The standard InChI is InChI=1S/C25H22N2O6S/c1-4-33-24(31)20-13-18(7-10-21(20)29)26-14(2)11-16(15(26)3)12-22-23(30)27(25(32)34-22)17-5-8-19(28)9-6-17/h5-13,28-29H,4H2,1-3H3/b22-12-. The molecule has 0 bridgehead atoms. The van der Waals surface area contributed by atoms with Crippen LogP contribution in [-0.4, -0.2) is 38.5 Å². The maximum atomic E-state index is 13.0. The predicted molar refractivity (Wildman–Crippen MR) is 129 cm³/mol. The molecule has 1 fully saturated rings. The Morgan fingerprint density at radius 3 is 2.38 bits per heavy atom. The number of imide groups is 1. The highest BCUT2D eigenvalue weighted by Gasteiger charge is 2.36. The molecular formula is C25H22N2O6S. The number of hydrogen-bond donors (Lipinski definition) is 2. The first-order valence-electron chi connectivity index (χ1n) is 10.5. The lowest BCUT2D eigenvalue weighted by molar-refractivity contribution is -0.113. The minimum absolute atomic E-state index is 0.0408. The van der Waals surface area contributed by atoms with E-state index in [1.54, 1.807) is 25.1 Å². The molecule has 0 aliphatic carbocycles. The van der Waals surface area contributed by atoms with E-state index in [-0.39, 0.29) is 28.6 Å². The second kappa shape index (κ2) is 9.11. The number of hydrogen-bond acceptors (Lipinski definition) is 7. The molecule has 174 valence electrons. The SMILES string of the molecule is CCOC(=O)c1cc(-n2c(C)cc(/C=C3\SC(=O)N(c4ccc(O)cc4)C3=O)c2C)ccc1O. The summed E-state index contributed by atoms with van der Waals surface area (Å²) in [5.41, 5.74) is 3.44. The molecule has 0 atom stereocenters. The lowest BCUT2D eigenvalue weighted by atomic mass is 10.1. The third-order valence-corrected chi connectivity index (χ3v) is 6.26. The summed E-state index contributed by atoms with van der Waals surface area (Å²) < 4.78 is 6.91. The number of carbonyl (C=O) groups is 3. The first-order valence-corrected chi connectivity index (χ1v) is 11.3. The smallest absolute Gasteiger partial charge is 0.341 e. The van der Waals surface area contributed by atoms with Gasteiger partial charge in [0.2, 0.25) is 0 Å². The van der Waals surface area contributed by atoms with Crippen LogP contribution < -0.4 is 4.90 Å². The normalized spacial score (nSPS) is 14.8. The lowest BCUT2D eigenvalue weighted by Crippen LogP contribution is -2.27. The van der Waals surface area contributed by atoms with E-state index in [4.69, 9.17) is 4.74 Å². The van der Waals surface area contributed by atoms with E-state index in [9.17, 15) is 24.6 Å². The number of aromatic nitrogens is 1. The maximum Gasteiger partial charge on any atom is 0.341 e. The van der Waals surface area contributed by atoms with Gasteiger partial charge in [0.25, 0.3) is 11.1 Å². The Balaban J connectivity index is 1.69. The van der Waals surface area contributed by atoms with Crippen LogP contribution in [0.4, 0.5) is 10.5 Å². The maximum absolute atomic E-state index is 13.0. The highest BCUT2D eigenvalue weighted by Crippen LogP contribution is 2.37. The molecule has 2 N–H and O–H groups in total. The zero-order valence-electron chi connectivity index (χ0n) is 18.7. The van der Waals surface area contributed by atoms with Crippen LogP contribution in [0, 0.1) is 13.8 Å². The minimum Gasteiger partial charge on any atom is -0.508 e. The molecule has 0 saturated carbocycles. The van der Waals surface area contributed by atoms with Crippen LogP contribution in [0.2, 0.25) is 0 Å². The molecule has 1 aromatic heterocycles. The van der Waals surface area contributed by atoms with E-state index in [0.717, 1.165) is 33.6 Å². The number of amides is 2. The van der Waals surface area contributed by atoms with Gasteiger partial charge in [0, 0.05) is 17.1 Å². The number of anilines is 1. The molecule has 2 amide bonds. The van der Waals surface area contributed by atoms with Gasteiger partial charge in [0.1, 0.15) is 17.1 Å². The van der Waals surface area contributed by atoms with Crippen LogP contribution in [0.3, 0.4) is 0 Å². The molecule has 34 heavy (non-hydrogen) atoms. The Kier molecular flexibility index (Phi) is 6.21. The van der Waals surface area contributed by atoms with E-state index in [2.05, 4.69) is 0 Å². The van der Waals surface area contributed by atoms with Crippen LogP contribution in [0.1, 0.15) is 34.2 Å². The Morgan fingerprint density at radius 1 is 1.03 bits per heavy atom. The summed E-state index contributed by atoms with van der Waals surface area (Å²) in [5, 5.41) is 19.1. The molecule has 2 aromatic carbocycles. The van der Waals surface area contributed by atoms with Crippen molar-refractivity contribution < 1.29 is 29.3 Å². The number of phenolic OH excluding ortho intramolecular Hbond substituents is 2. The van der Waals surface area contributed by atoms with Crippen LogP contribution >= 0.6 is 11.8 Å². The molecule has 9 heteroatoms. The minimum atomic E-state index is -0.618. The van der Waals surface area contributed by atoms with Gasteiger partial charge in [-0.1, -0.05) is 0 Å². The van der Waals surface area contributed by atoms with Crippen LogP contribution in [0.25, 0.3) is 11.8 Å². The van der Waals surface area contributed by atoms with Gasteiger partial charge in [0.15, 0.2) is 0 Å². The Bertz CT molecular complexity index is 1340. The van der Waals surface area contributed by atoms with Gasteiger partial charge in [-0.3, -0.25) is 9.59 Å². The summed E-state index contributed by atoms with van der Waals surface area (Å²) in [5.74, 6) is -1.20. The molecular weight excluding hydrogens is 456 g/mol. The average molecular weight is 479 g/mol. The Labute approximate surface area is 200 Å². The first kappa shape index (κ1) is 23.2. The summed E-state index contributed by atoms with van der Waals surface area (Å²) in [6.45, 7) is 5.62. The largest absolute Gasteiger partial charge is 0.508 e. The number of benzene rings is 2. The molecule has 1 aliphatic heterocycles. The van der Waals surface area contributed by atoms with Gasteiger partial charge < -0.3 is 19.5 Å². The van der Waals surface area contributed by atoms with Crippen LogP contribution in [0.5, 0.6) is 11.5 Å². The van der Waals surface area contributed by atoms with Gasteiger partial charge >= 0.3 is 5.97 Å². The van der Waals surface area contributed by atoms with E-state index >= 15 is 0 Å². The topological polar surface area (TPSA) is 109 Å². The van der Waals surface area contributed by atoms with Crippen molar-refractivity contribution in [1.29, 1.82) is 0 Å². The molecule has 0 unspecified atom stereocenters. The second-order valence-corrected chi connectivity index (χ2v) is 8.61. The van der Waals surface area contributed by atoms with Crippen molar-refractivity contribution in [3.8, 4) is 17.2 Å². The second-order valence-electron chi connectivity index (χ2n) is 7.62. The molecule has 1 saturated heterocycles. The van der Waals surface area contributed by atoms with Crippen molar-refractivity contribution >= 4 is 40.6 Å². The van der Waals surface area contributed by atoms with Crippen molar-refractivity contribution in [2.24, 2.45) is 0 Å². The van der Waals surface area contributed by atoms with Gasteiger partial charge in [0.05, 0.1) is 17.2 Å². The predicted octanol–water partition coefficient (Wildman–Crippen LogP) is 4.92. The number of nitrogens with zero attached hydrogens (tertiary/aromatic N) is 2. The summed E-state index contributed by atoms with van der Waals surface area (Å²) in [7, 11) is 0. The highest BCUT2D eigenvalue weighted by atomic mass is 32.2. The number of thioether (sulfide) groups is 1. The number of esters is 1. The van der Waals surface area contributed by atoms with Crippen molar-refractivity contribution in [1.82, 2.24) is 4.57 Å². The molecule has 1 aliphatic rings. The molecule has 2 heterocycles. The zero-order chi connectivity index (χ0) is 24.6. The van der Waals surface area contributed by atoms with Crippen molar-refractivity contribution in [3.05, 3.63) is 76.0 Å². The van der Waals surface area contributed by atoms with E-state index in [1.165, 1.54) is 30.3 Å². The highest BCUT2D eigenvalue weighted by molar-refractivity contribution is 8.19. The fourth-order valence-corrected chi connectivity index (χ4v) is 4.63. The van der Waals surface area contributed by atoms with Gasteiger partial charge in [-0.15, -0.1) is 0 Å². The number of ether oxygens (including phenoxy) is 1. The third-order valence-electron chi connectivity index (χ3n) is 5.39. The van der Waals surface area contributed by atoms with Gasteiger partial charge in [-0.25, -0.2) is 9.69 Å².